The molecule has 1 aromatic heterocycles. The van der Waals surface area contributed by atoms with Crippen molar-refractivity contribution in [3.63, 3.8) is 0 Å². The summed E-state index contributed by atoms with van der Waals surface area (Å²) in [6.45, 7) is 9.55. The first-order chi connectivity index (χ1) is 31.8. The van der Waals surface area contributed by atoms with Crippen molar-refractivity contribution in [1.29, 1.82) is 0 Å². The average molecular weight is 851 g/mol. The van der Waals surface area contributed by atoms with E-state index >= 15 is 0 Å². The molecular formula is C62H46N2S. The Morgan fingerprint density at radius 3 is 1.82 bits per heavy atom. The Morgan fingerprint density at radius 2 is 0.954 bits per heavy atom. The van der Waals surface area contributed by atoms with Gasteiger partial charge < -0.3 is 9.80 Å². The highest BCUT2D eigenvalue weighted by atomic mass is 32.1. The molecule has 0 fully saturated rings. The molecule has 1 aliphatic carbocycles. The lowest BCUT2D eigenvalue weighted by molar-refractivity contribution is 0.632. The van der Waals surface area contributed by atoms with Crippen LogP contribution in [0.15, 0.2) is 206 Å². The second kappa shape index (κ2) is 14.0. The first kappa shape index (κ1) is 38.0. The number of fused-ring (bicyclic) bond motifs is 10. The summed E-state index contributed by atoms with van der Waals surface area (Å²) in [5.41, 5.74) is 17.0. The van der Waals surface area contributed by atoms with Crippen LogP contribution in [0.5, 0.6) is 0 Å². The SMILES string of the molecule is CC1(C)c2ccccc2-c2ccc(N(c3ccc4c(c3)N(c3c(-c5cccc6ccccc56)ccc5ccccc35)c3ccccc3C4(C)C)c3cccc4c3sc3ccccc34)cc21. The van der Waals surface area contributed by atoms with Crippen LogP contribution in [-0.2, 0) is 10.8 Å². The average Bonchev–Trinajstić information content (AvgIpc) is 3.84. The predicted octanol–water partition coefficient (Wildman–Crippen LogP) is 17.9. The maximum Gasteiger partial charge on any atom is 0.0640 e. The monoisotopic (exact) mass is 850 g/mol. The quantitative estimate of drug-likeness (QED) is 0.170. The first-order valence-corrected chi connectivity index (χ1v) is 23.6. The molecule has 310 valence electrons. The summed E-state index contributed by atoms with van der Waals surface area (Å²) in [4.78, 5) is 5.14. The number of anilines is 6. The van der Waals surface area contributed by atoms with Gasteiger partial charge in [0, 0.05) is 48.6 Å². The third-order valence-electron chi connectivity index (χ3n) is 14.6. The molecule has 3 heteroatoms. The zero-order valence-electron chi connectivity index (χ0n) is 36.9. The minimum atomic E-state index is -0.273. The van der Waals surface area contributed by atoms with Crippen molar-refractivity contribution in [3.8, 4) is 22.3 Å². The summed E-state index contributed by atoms with van der Waals surface area (Å²) in [6.07, 6.45) is 0. The fourth-order valence-corrected chi connectivity index (χ4v) is 12.6. The van der Waals surface area contributed by atoms with Crippen LogP contribution in [0.3, 0.4) is 0 Å². The molecule has 11 aromatic rings. The van der Waals surface area contributed by atoms with Gasteiger partial charge in [-0.1, -0.05) is 191 Å². The van der Waals surface area contributed by atoms with E-state index in [-0.39, 0.29) is 10.8 Å². The standard InChI is InChI=1S/C62H46N2S/c1-61(2)51-26-11-9-22-46(51)47-35-32-41(37-54(47)61)63(56-29-16-25-50-48-23-10-14-30-58(48)65-60(50)56)42-33-36-53-57(38-42)64(55-28-13-12-27-52(55)62(53,3)4)59-44-21-8-6-18-40(44)31-34-49(59)45-24-15-19-39-17-5-7-20-43(39)45/h5-38H,1-4H3. The van der Waals surface area contributed by atoms with Crippen LogP contribution in [-0.4, -0.2) is 0 Å². The van der Waals surface area contributed by atoms with Crippen molar-refractivity contribution in [2.24, 2.45) is 0 Å². The van der Waals surface area contributed by atoms with Gasteiger partial charge >= 0.3 is 0 Å². The van der Waals surface area contributed by atoms with E-state index in [2.05, 4.69) is 244 Å². The van der Waals surface area contributed by atoms with Gasteiger partial charge in [-0.05, 0) is 97.6 Å². The van der Waals surface area contributed by atoms with Gasteiger partial charge in [-0.15, -0.1) is 11.3 Å². The number of thiophene rings is 1. The van der Waals surface area contributed by atoms with Crippen molar-refractivity contribution in [1.82, 2.24) is 0 Å². The number of hydrogen-bond donors (Lipinski definition) is 0. The van der Waals surface area contributed by atoms with Crippen LogP contribution in [0.2, 0.25) is 0 Å². The van der Waals surface area contributed by atoms with Gasteiger partial charge in [0.15, 0.2) is 0 Å². The van der Waals surface area contributed by atoms with E-state index in [9.17, 15) is 0 Å². The van der Waals surface area contributed by atoms with Crippen molar-refractivity contribution in [2.45, 2.75) is 38.5 Å². The molecule has 0 unspecified atom stereocenters. The summed E-state index contributed by atoms with van der Waals surface area (Å²) in [5, 5.41) is 7.50. The maximum absolute atomic E-state index is 2.60. The van der Waals surface area contributed by atoms with Crippen molar-refractivity contribution < 1.29 is 0 Å². The minimum Gasteiger partial charge on any atom is -0.309 e. The zero-order chi connectivity index (χ0) is 43.6. The Kier molecular flexibility index (Phi) is 8.20. The molecule has 0 saturated heterocycles. The lowest BCUT2D eigenvalue weighted by Gasteiger charge is -2.43. The van der Waals surface area contributed by atoms with E-state index in [1.54, 1.807) is 0 Å². The van der Waals surface area contributed by atoms with E-state index in [1.165, 1.54) is 109 Å². The van der Waals surface area contributed by atoms with Crippen molar-refractivity contribution in [2.75, 3.05) is 9.80 Å². The molecule has 10 aromatic carbocycles. The largest absolute Gasteiger partial charge is 0.309 e. The number of hydrogen-bond acceptors (Lipinski definition) is 3. The number of para-hydroxylation sites is 1. The number of benzene rings is 10. The lowest BCUT2D eigenvalue weighted by Crippen LogP contribution is -2.31. The van der Waals surface area contributed by atoms with Gasteiger partial charge in [-0.2, -0.15) is 0 Å². The van der Waals surface area contributed by atoms with Crippen LogP contribution in [0, 0.1) is 0 Å². The van der Waals surface area contributed by atoms with Gasteiger partial charge in [-0.3, -0.25) is 0 Å². The van der Waals surface area contributed by atoms with Crippen LogP contribution in [0.4, 0.5) is 34.1 Å². The summed E-state index contributed by atoms with van der Waals surface area (Å²) in [7, 11) is 0. The zero-order valence-corrected chi connectivity index (χ0v) is 37.7. The van der Waals surface area contributed by atoms with Crippen molar-refractivity contribution in [3.05, 3.63) is 229 Å². The van der Waals surface area contributed by atoms with E-state index in [4.69, 9.17) is 0 Å². The van der Waals surface area contributed by atoms with Gasteiger partial charge in [0.2, 0.25) is 0 Å². The van der Waals surface area contributed by atoms with Crippen LogP contribution in [0.1, 0.15) is 49.9 Å². The molecule has 2 heterocycles. The second-order valence-corrected chi connectivity index (χ2v) is 19.9. The smallest absolute Gasteiger partial charge is 0.0640 e. The molecule has 0 radical (unpaired) electrons. The molecule has 0 amide bonds. The number of nitrogens with zero attached hydrogens (tertiary/aromatic N) is 2. The van der Waals surface area contributed by atoms with Crippen LogP contribution >= 0.6 is 11.3 Å². The summed E-state index contributed by atoms with van der Waals surface area (Å²) in [6, 6.07) is 77.3. The molecule has 0 bridgehead atoms. The third-order valence-corrected chi connectivity index (χ3v) is 15.8. The second-order valence-electron chi connectivity index (χ2n) is 18.9. The molecule has 0 N–H and O–H groups in total. The third kappa shape index (κ3) is 5.52. The van der Waals surface area contributed by atoms with E-state index in [1.807, 2.05) is 11.3 Å². The Bertz CT molecular complexity index is 3750. The molecule has 0 atom stereocenters. The highest BCUT2D eigenvalue weighted by Gasteiger charge is 2.40. The molecule has 0 spiro atoms. The van der Waals surface area contributed by atoms with Crippen LogP contribution in [0.25, 0.3) is 64.0 Å². The van der Waals surface area contributed by atoms with Gasteiger partial charge in [0.25, 0.3) is 0 Å². The summed E-state index contributed by atoms with van der Waals surface area (Å²) >= 11 is 1.89. The Balaban J connectivity index is 1.11. The van der Waals surface area contributed by atoms with E-state index in [0.717, 1.165) is 11.4 Å². The fourth-order valence-electron chi connectivity index (χ4n) is 11.4. The molecule has 13 rings (SSSR count). The molecule has 65 heavy (non-hydrogen) atoms. The fraction of sp³-hybridized carbons (Fsp3) is 0.0968. The van der Waals surface area contributed by atoms with Gasteiger partial charge in [0.05, 0.1) is 27.4 Å². The molecule has 2 aliphatic rings. The highest BCUT2D eigenvalue weighted by Crippen LogP contribution is 2.58. The number of rotatable bonds is 5. The predicted molar refractivity (Wildman–Crippen MR) is 279 cm³/mol. The Morgan fingerprint density at radius 1 is 0.385 bits per heavy atom. The topological polar surface area (TPSA) is 6.48 Å². The maximum atomic E-state index is 2.60. The van der Waals surface area contributed by atoms with Crippen LogP contribution < -0.4 is 9.80 Å². The molecule has 2 nitrogen and oxygen atoms in total. The highest BCUT2D eigenvalue weighted by molar-refractivity contribution is 7.26. The normalized spacial score (nSPS) is 14.4. The summed E-state index contributed by atoms with van der Waals surface area (Å²) < 4.78 is 2.58. The Hall–Kier alpha value is -7.46. The van der Waals surface area contributed by atoms with Gasteiger partial charge in [-0.25, -0.2) is 0 Å². The molecule has 0 saturated carbocycles. The minimum absolute atomic E-state index is 0.149. The van der Waals surface area contributed by atoms with Crippen molar-refractivity contribution >= 4 is 87.2 Å². The first-order valence-electron chi connectivity index (χ1n) is 22.8. The Labute approximate surface area is 384 Å². The summed E-state index contributed by atoms with van der Waals surface area (Å²) in [5.74, 6) is 0. The molecule has 1 aliphatic heterocycles. The lowest BCUT2D eigenvalue weighted by atomic mass is 9.73. The van der Waals surface area contributed by atoms with E-state index < -0.39 is 0 Å². The van der Waals surface area contributed by atoms with Gasteiger partial charge in [0.1, 0.15) is 0 Å². The molecular weight excluding hydrogens is 805 g/mol. The van der Waals surface area contributed by atoms with E-state index in [0.29, 0.717) is 0 Å².